The number of rotatable bonds is 2. The van der Waals surface area contributed by atoms with Gasteiger partial charge in [0.2, 0.25) is 0 Å². The molecule has 0 aliphatic carbocycles. The Balaban J connectivity index is 2.43. The fraction of sp³-hybridized carbons (Fsp3) is 0.100. The van der Waals surface area contributed by atoms with Crippen LogP contribution in [0.2, 0.25) is 0 Å². The summed E-state index contributed by atoms with van der Waals surface area (Å²) in [6, 6.07) is 5.23. The van der Waals surface area contributed by atoms with Crippen molar-refractivity contribution in [1.82, 2.24) is 10.2 Å². The van der Waals surface area contributed by atoms with Gasteiger partial charge in [0.25, 0.3) is 0 Å². The van der Waals surface area contributed by atoms with Crippen LogP contribution in [0.4, 0.5) is 0 Å². The van der Waals surface area contributed by atoms with Gasteiger partial charge in [0.1, 0.15) is 0 Å². The number of aromatic nitrogens is 2. The second-order valence-corrected chi connectivity index (χ2v) is 2.87. The molecule has 4 heteroatoms. The first-order valence-electron chi connectivity index (χ1n) is 4.17. The van der Waals surface area contributed by atoms with Crippen molar-refractivity contribution < 1.29 is 9.84 Å². The highest BCUT2D eigenvalue weighted by Crippen LogP contribution is 2.30. The van der Waals surface area contributed by atoms with Crippen LogP contribution in [0, 0.1) is 0 Å². The van der Waals surface area contributed by atoms with Gasteiger partial charge in [0, 0.05) is 11.8 Å². The average molecular weight is 190 g/mol. The lowest BCUT2D eigenvalue weighted by molar-refractivity contribution is 0.373. The highest BCUT2D eigenvalue weighted by molar-refractivity contribution is 5.65. The fourth-order valence-corrected chi connectivity index (χ4v) is 1.28. The Kier molecular flexibility index (Phi) is 2.10. The molecule has 0 amide bonds. The second kappa shape index (κ2) is 3.41. The topological polar surface area (TPSA) is 58.1 Å². The molecule has 2 aromatic rings. The summed E-state index contributed by atoms with van der Waals surface area (Å²) in [7, 11) is 1.52. The molecule has 0 aliphatic rings. The monoisotopic (exact) mass is 190 g/mol. The smallest absolute Gasteiger partial charge is 0.160 e. The molecule has 1 aromatic carbocycles. The van der Waals surface area contributed by atoms with Crippen LogP contribution in [0.3, 0.4) is 0 Å². The Morgan fingerprint density at radius 1 is 1.36 bits per heavy atom. The van der Waals surface area contributed by atoms with Gasteiger partial charge >= 0.3 is 0 Å². The number of ether oxygens (including phenoxy) is 1. The minimum absolute atomic E-state index is 0.131. The predicted octanol–water partition coefficient (Wildman–Crippen LogP) is 1.79. The SMILES string of the molecule is COc1ccc(-c2cn[nH]c2)cc1O. The van der Waals surface area contributed by atoms with Crippen molar-refractivity contribution in [3.63, 3.8) is 0 Å². The van der Waals surface area contributed by atoms with Crippen molar-refractivity contribution in [2.45, 2.75) is 0 Å². The van der Waals surface area contributed by atoms with E-state index in [0.29, 0.717) is 5.75 Å². The second-order valence-electron chi connectivity index (χ2n) is 2.87. The number of hydrogen-bond donors (Lipinski definition) is 2. The molecular weight excluding hydrogens is 180 g/mol. The molecule has 0 radical (unpaired) electrons. The third-order valence-corrected chi connectivity index (χ3v) is 2.01. The van der Waals surface area contributed by atoms with Crippen LogP contribution in [0.1, 0.15) is 0 Å². The number of aromatic hydroxyl groups is 1. The van der Waals surface area contributed by atoms with Crippen molar-refractivity contribution in [1.29, 1.82) is 0 Å². The molecule has 0 atom stereocenters. The molecule has 1 heterocycles. The van der Waals surface area contributed by atoms with E-state index in [4.69, 9.17) is 4.74 Å². The summed E-state index contributed by atoms with van der Waals surface area (Å²) in [5.74, 6) is 0.600. The minimum Gasteiger partial charge on any atom is -0.504 e. The number of methoxy groups -OCH3 is 1. The van der Waals surface area contributed by atoms with Gasteiger partial charge in [0.05, 0.1) is 13.3 Å². The van der Waals surface area contributed by atoms with Crippen LogP contribution >= 0.6 is 0 Å². The first-order valence-corrected chi connectivity index (χ1v) is 4.17. The Morgan fingerprint density at radius 3 is 2.79 bits per heavy atom. The van der Waals surface area contributed by atoms with Crippen molar-refractivity contribution in [3.8, 4) is 22.6 Å². The molecule has 72 valence electrons. The lowest BCUT2D eigenvalue weighted by Gasteiger charge is -2.04. The summed E-state index contributed by atoms with van der Waals surface area (Å²) in [5.41, 5.74) is 1.83. The Hall–Kier alpha value is -1.97. The lowest BCUT2D eigenvalue weighted by atomic mass is 10.1. The zero-order valence-electron chi connectivity index (χ0n) is 7.69. The molecule has 0 fully saturated rings. The van der Waals surface area contributed by atoms with Gasteiger partial charge in [-0.25, -0.2) is 0 Å². The molecular formula is C10H10N2O2. The molecule has 4 nitrogen and oxygen atoms in total. The van der Waals surface area contributed by atoms with E-state index in [1.165, 1.54) is 7.11 Å². The Morgan fingerprint density at radius 2 is 2.21 bits per heavy atom. The van der Waals surface area contributed by atoms with Gasteiger partial charge in [-0.1, -0.05) is 6.07 Å². The van der Waals surface area contributed by atoms with Crippen LogP contribution in [-0.4, -0.2) is 22.4 Å². The lowest BCUT2D eigenvalue weighted by Crippen LogP contribution is -1.83. The first kappa shape index (κ1) is 8.62. The Bertz CT molecular complexity index is 424. The third-order valence-electron chi connectivity index (χ3n) is 2.01. The number of benzene rings is 1. The van der Waals surface area contributed by atoms with Crippen LogP contribution in [-0.2, 0) is 0 Å². The van der Waals surface area contributed by atoms with Crippen LogP contribution in [0.25, 0.3) is 11.1 Å². The zero-order chi connectivity index (χ0) is 9.97. The zero-order valence-corrected chi connectivity index (χ0v) is 7.69. The van der Waals surface area contributed by atoms with E-state index in [1.54, 1.807) is 24.5 Å². The molecule has 2 N–H and O–H groups in total. The number of hydrogen-bond acceptors (Lipinski definition) is 3. The number of nitrogens with one attached hydrogen (secondary N) is 1. The predicted molar refractivity (Wildman–Crippen MR) is 52.2 cm³/mol. The Labute approximate surface area is 81.2 Å². The van der Waals surface area contributed by atoms with Crippen molar-refractivity contribution in [2.75, 3.05) is 7.11 Å². The molecule has 0 bridgehead atoms. The van der Waals surface area contributed by atoms with E-state index >= 15 is 0 Å². The molecule has 1 aromatic heterocycles. The maximum absolute atomic E-state index is 9.53. The number of aromatic amines is 1. The maximum Gasteiger partial charge on any atom is 0.160 e. The largest absolute Gasteiger partial charge is 0.504 e. The van der Waals surface area contributed by atoms with Gasteiger partial charge in [-0.05, 0) is 17.7 Å². The molecule has 0 saturated carbocycles. The van der Waals surface area contributed by atoms with Gasteiger partial charge in [-0.15, -0.1) is 0 Å². The quantitative estimate of drug-likeness (QED) is 0.759. The van der Waals surface area contributed by atoms with E-state index in [1.807, 2.05) is 6.07 Å². The van der Waals surface area contributed by atoms with E-state index in [9.17, 15) is 5.11 Å². The highest BCUT2D eigenvalue weighted by Gasteiger charge is 2.04. The number of nitrogens with zero attached hydrogens (tertiary/aromatic N) is 1. The number of phenolic OH excluding ortho intramolecular Hbond substituents is 1. The van der Waals surface area contributed by atoms with E-state index in [0.717, 1.165) is 11.1 Å². The van der Waals surface area contributed by atoms with Gasteiger partial charge < -0.3 is 9.84 Å². The van der Waals surface area contributed by atoms with E-state index < -0.39 is 0 Å². The standard InChI is InChI=1S/C10H10N2O2/c1-14-10-3-2-7(4-9(10)13)8-5-11-12-6-8/h2-6,13H,1H3,(H,11,12). The summed E-state index contributed by atoms with van der Waals surface area (Å²) >= 11 is 0. The highest BCUT2D eigenvalue weighted by atomic mass is 16.5. The van der Waals surface area contributed by atoms with E-state index in [-0.39, 0.29) is 5.75 Å². The maximum atomic E-state index is 9.53. The van der Waals surface area contributed by atoms with Gasteiger partial charge in [0.15, 0.2) is 11.5 Å². The molecule has 14 heavy (non-hydrogen) atoms. The van der Waals surface area contributed by atoms with Crippen LogP contribution in [0.5, 0.6) is 11.5 Å². The molecule has 2 rings (SSSR count). The molecule has 0 unspecified atom stereocenters. The van der Waals surface area contributed by atoms with Gasteiger partial charge in [-0.3, -0.25) is 5.10 Å². The molecule has 0 aliphatic heterocycles. The van der Waals surface area contributed by atoms with E-state index in [2.05, 4.69) is 10.2 Å². The molecule has 0 saturated heterocycles. The number of H-pyrrole nitrogens is 1. The van der Waals surface area contributed by atoms with Crippen molar-refractivity contribution in [3.05, 3.63) is 30.6 Å². The van der Waals surface area contributed by atoms with Crippen LogP contribution in [0.15, 0.2) is 30.6 Å². The summed E-state index contributed by atoms with van der Waals surface area (Å²) in [6.07, 6.45) is 3.46. The summed E-state index contributed by atoms with van der Waals surface area (Å²) < 4.78 is 4.94. The van der Waals surface area contributed by atoms with Gasteiger partial charge in [-0.2, -0.15) is 5.10 Å². The summed E-state index contributed by atoms with van der Waals surface area (Å²) in [4.78, 5) is 0. The average Bonchev–Trinajstić information content (AvgIpc) is 2.70. The van der Waals surface area contributed by atoms with Crippen molar-refractivity contribution in [2.24, 2.45) is 0 Å². The van der Waals surface area contributed by atoms with Crippen LogP contribution < -0.4 is 4.74 Å². The van der Waals surface area contributed by atoms with Crippen molar-refractivity contribution >= 4 is 0 Å². The molecule has 0 spiro atoms. The summed E-state index contributed by atoms with van der Waals surface area (Å²) in [5, 5.41) is 16.1. The fourth-order valence-electron chi connectivity index (χ4n) is 1.28. The summed E-state index contributed by atoms with van der Waals surface area (Å²) in [6.45, 7) is 0. The number of phenols is 1. The third kappa shape index (κ3) is 1.42. The minimum atomic E-state index is 0.131. The first-order chi connectivity index (χ1) is 6.81. The normalized spacial score (nSPS) is 10.1.